The van der Waals surface area contributed by atoms with Crippen LogP contribution in [0.25, 0.3) is 0 Å². The number of carbonyl (C=O) groups excluding carboxylic acids is 1. The summed E-state index contributed by atoms with van der Waals surface area (Å²) in [5, 5.41) is 0. The largest absolute Gasteiger partial charge is 0.294 e. The minimum atomic E-state index is 0.176. The van der Waals surface area contributed by atoms with Crippen LogP contribution < -0.4 is 5.43 Å². The van der Waals surface area contributed by atoms with Crippen molar-refractivity contribution in [1.82, 2.24) is 4.68 Å². The fourth-order valence-corrected chi connectivity index (χ4v) is 1.91. The molecule has 0 radical (unpaired) electrons. The number of aromatic nitrogens is 1. The molecule has 0 fully saturated rings. The van der Waals surface area contributed by atoms with E-state index in [0.29, 0.717) is 6.42 Å². The fourth-order valence-electron chi connectivity index (χ4n) is 1.91. The number of nitrogens with one attached hydrogen (secondary N) is 1. The third-order valence-corrected chi connectivity index (χ3v) is 3.04. The number of carbonyl (C=O) groups is 1. The second kappa shape index (κ2) is 5.08. The van der Waals surface area contributed by atoms with Gasteiger partial charge in [0, 0.05) is 23.4 Å². The molecule has 0 unspecified atom stereocenters. The maximum atomic E-state index is 11.5. The van der Waals surface area contributed by atoms with E-state index in [-0.39, 0.29) is 5.78 Å². The Morgan fingerprint density at radius 2 is 1.61 bits per heavy atom. The number of rotatable bonds is 4. The Bertz CT molecular complexity index is 533. The van der Waals surface area contributed by atoms with Gasteiger partial charge in [0.2, 0.25) is 0 Å². The molecule has 0 amide bonds. The monoisotopic (exact) mass is 242 g/mol. The van der Waals surface area contributed by atoms with Crippen molar-refractivity contribution in [3.05, 3.63) is 53.3 Å². The van der Waals surface area contributed by atoms with Crippen molar-refractivity contribution >= 4 is 11.5 Å². The summed E-state index contributed by atoms with van der Waals surface area (Å²) >= 11 is 0. The van der Waals surface area contributed by atoms with Gasteiger partial charge in [-0.3, -0.25) is 14.9 Å². The predicted octanol–water partition coefficient (Wildman–Crippen LogP) is 3.57. The van der Waals surface area contributed by atoms with Crippen LogP contribution in [0.5, 0.6) is 0 Å². The van der Waals surface area contributed by atoms with Gasteiger partial charge in [-0.1, -0.05) is 6.92 Å². The Balaban J connectivity index is 2.18. The van der Waals surface area contributed by atoms with Gasteiger partial charge in [0.05, 0.1) is 5.69 Å². The molecule has 3 heteroatoms. The van der Waals surface area contributed by atoms with Gasteiger partial charge in [0.1, 0.15) is 0 Å². The summed E-state index contributed by atoms with van der Waals surface area (Å²) in [5.41, 5.74) is 7.36. The highest BCUT2D eigenvalue weighted by Gasteiger charge is 2.04. The quantitative estimate of drug-likeness (QED) is 0.831. The smallest absolute Gasteiger partial charge is 0.162 e. The van der Waals surface area contributed by atoms with Crippen molar-refractivity contribution < 1.29 is 4.79 Å². The lowest BCUT2D eigenvalue weighted by Gasteiger charge is -2.12. The molecule has 1 aromatic carbocycles. The van der Waals surface area contributed by atoms with E-state index >= 15 is 0 Å². The second-order valence-electron chi connectivity index (χ2n) is 4.42. The van der Waals surface area contributed by atoms with E-state index in [4.69, 9.17) is 0 Å². The fraction of sp³-hybridized carbons (Fsp3) is 0.267. The summed E-state index contributed by atoms with van der Waals surface area (Å²) in [6.45, 7) is 5.98. The Morgan fingerprint density at radius 1 is 1.06 bits per heavy atom. The van der Waals surface area contributed by atoms with Crippen LogP contribution in [-0.4, -0.2) is 10.5 Å². The first-order valence-corrected chi connectivity index (χ1v) is 6.17. The molecule has 0 atom stereocenters. The number of hydrogen-bond donors (Lipinski definition) is 1. The Hall–Kier alpha value is -2.03. The molecule has 0 saturated heterocycles. The molecule has 94 valence electrons. The molecule has 2 aromatic rings. The van der Waals surface area contributed by atoms with E-state index in [9.17, 15) is 4.79 Å². The molecule has 0 saturated carbocycles. The van der Waals surface area contributed by atoms with Gasteiger partial charge < -0.3 is 0 Å². The maximum Gasteiger partial charge on any atom is 0.162 e. The SMILES string of the molecule is CCC(=O)c1ccc(Nn2c(C)ccc2C)cc1. The van der Waals surface area contributed by atoms with Crippen molar-refractivity contribution in [2.75, 3.05) is 5.43 Å². The number of ketones is 1. The van der Waals surface area contributed by atoms with E-state index in [1.54, 1.807) is 0 Å². The van der Waals surface area contributed by atoms with Crippen LogP contribution in [0.4, 0.5) is 5.69 Å². The number of Topliss-reactive ketones (excluding diaryl/α,β-unsaturated/α-hetero) is 1. The predicted molar refractivity (Wildman–Crippen MR) is 74.0 cm³/mol. The summed E-state index contributed by atoms with van der Waals surface area (Å²) in [5.74, 6) is 0.176. The molecule has 0 bridgehead atoms. The van der Waals surface area contributed by atoms with Gasteiger partial charge in [-0.25, -0.2) is 0 Å². The van der Waals surface area contributed by atoms with Gasteiger partial charge in [-0.15, -0.1) is 0 Å². The molecular weight excluding hydrogens is 224 g/mol. The topological polar surface area (TPSA) is 34.0 Å². The zero-order chi connectivity index (χ0) is 13.1. The summed E-state index contributed by atoms with van der Waals surface area (Å²) < 4.78 is 2.02. The first-order chi connectivity index (χ1) is 8.61. The van der Waals surface area contributed by atoms with Crippen molar-refractivity contribution in [2.24, 2.45) is 0 Å². The lowest BCUT2D eigenvalue weighted by Crippen LogP contribution is -2.12. The number of nitrogens with zero attached hydrogens (tertiary/aromatic N) is 1. The highest BCUT2D eigenvalue weighted by molar-refractivity contribution is 5.96. The molecule has 1 heterocycles. The summed E-state index contributed by atoms with van der Waals surface area (Å²) in [4.78, 5) is 11.5. The zero-order valence-corrected chi connectivity index (χ0v) is 11.0. The molecule has 18 heavy (non-hydrogen) atoms. The lowest BCUT2D eigenvalue weighted by atomic mass is 10.1. The molecule has 3 nitrogen and oxygen atoms in total. The average Bonchev–Trinajstić information content (AvgIpc) is 2.70. The van der Waals surface area contributed by atoms with Crippen molar-refractivity contribution in [3.63, 3.8) is 0 Å². The van der Waals surface area contributed by atoms with Gasteiger partial charge >= 0.3 is 0 Å². The molecule has 0 aliphatic heterocycles. The molecule has 1 N–H and O–H groups in total. The van der Waals surface area contributed by atoms with E-state index in [1.807, 2.05) is 35.9 Å². The summed E-state index contributed by atoms with van der Waals surface area (Å²) in [6.07, 6.45) is 0.544. The van der Waals surface area contributed by atoms with Crippen LogP contribution in [0, 0.1) is 13.8 Å². The van der Waals surface area contributed by atoms with Gasteiger partial charge in [0.15, 0.2) is 5.78 Å². The lowest BCUT2D eigenvalue weighted by molar-refractivity contribution is 0.0988. The third kappa shape index (κ3) is 2.45. The first kappa shape index (κ1) is 12.4. The molecule has 0 spiro atoms. The number of benzene rings is 1. The molecule has 2 rings (SSSR count). The number of anilines is 1. The van der Waals surface area contributed by atoms with Crippen LogP contribution in [0.15, 0.2) is 36.4 Å². The Kier molecular flexibility index (Phi) is 3.51. The second-order valence-corrected chi connectivity index (χ2v) is 4.42. The van der Waals surface area contributed by atoms with Gasteiger partial charge in [-0.05, 0) is 50.2 Å². The standard InChI is InChI=1S/C15H18N2O/c1-4-15(18)13-7-9-14(10-8-13)16-17-11(2)5-6-12(17)3/h5-10,16H,4H2,1-3H3. The zero-order valence-electron chi connectivity index (χ0n) is 11.0. The van der Waals surface area contributed by atoms with Gasteiger partial charge in [0.25, 0.3) is 0 Å². The van der Waals surface area contributed by atoms with Crippen LogP contribution >= 0.6 is 0 Å². The van der Waals surface area contributed by atoms with Gasteiger partial charge in [-0.2, -0.15) is 0 Å². The van der Waals surface area contributed by atoms with E-state index < -0.39 is 0 Å². The van der Waals surface area contributed by atoms with Crippen molar-refractivity contribution in [3.8, 4) is 0 Å². The minimum absolute atomic E-state index is 0.176. The molecule has 0 aliphatic carbocycles. The van der Waals surface area contributed by atoms with E-state index in [1.165, 1.54) is 0 Å². The van der Waals surface area contributed by atoms with Crippen LogP contribution in [0.1, 0.15) is 35.1 Å². The summed E-state index contributed by atoms with van der Waals surface area (Å²) in [6, 6.07) is 11.7. The Labute approximate surface area is 107 Å². The maximum absolute atomic E-state index is 11.5. The summed E-state index contributed by atoms with van der Waals surface area (Å²) in [7, 11) is 0. The van der Waals surface area contributed by atoms with E-state index in [0.717, 1.165) is 22.6 Å². The average molecular weight is 242 g/mol. The molecule has 0 aliphatic rings. The molecular formula is C15H18N2O. The van der Waals surface area contributed by atoms with Crippen molar-refractivity contribution in [2.45, 2.75) is 27.2 Å². The van der Waals surface area contributed by atoms with E-state index in [2.05, 4.69) is 31.4 Å². The van der Waals surface area contributed by atoms with Crippen LogP contribution in [0.3, 0.4) is 0 Å². The van der Waals surface area contributed by atoms with Crippen LogP contribution in [0.2, 0.25) is 0 Å². The van der Waals surface area contributed by atoms with Crippen molar-refractivity contribution in [1.29, 1.82) is 0 Å². The number of aryl methyl sites for hydroxylation is 2. The number of hydrogen-bond acceptors (Lipinski definition) is 2. The third-order valence-electron chi connectivity index (χ3n) is 3.04. The minimum Gasteiger partial charge on any atom is -0.294 e. The highest BCUT2D eigenvalue weighted by atomic mass is 16.1. The molecule has 1 aromatic heterocycles. The Morgan fingerprint density at radius 3 is 2.11 bits per heavy atom. The van der Waals surface area contributed by atoms with Crippen LogP contribution in [-0.2, 0) is 0 Å². The highest BCUT2D eigenvalue weighted by Crippen LogP contribution is 2.14. The normalized spacial score (nSPS) is 10.4. The first-order valence-electron chi connectivity index (χ1n) is 6.17.